The second kappa shape index (κ2) is 5.17. The van der Waals surface area contributed by atoms with Crippen LogP contribution in [0.4, 0.5) is 5.69 Å². The van der Waals surface area contributed by atoms with Crippen molar-refractivity contribution in [2.75, 3.05) is 5.32 Å². The quantitative estimate of drug-likeness (QED) is 0.822. The molecule has 0 aliphatic heterocycles. The number of thiocarbonyl (C=S) groups is 1. The molecule has 0 amide bonds. The first-order valence-corrected chi connectivity index (χ1v) is 7.46. The molecule has 1 aromatic rings. The molecule has 1 aromatic carbocycles. The molecule has 0 heterocycles. The number of nitrogens with two attached hydrogens (primary N) is 1. The van der Waals surface area contributed by atoms with E-state index in [4.69, 9.17) is 18.0 Å². The number of halogens is 1. The molecular formula is C14H19BrN2S. The van der Waals surface area contributed by atoms with Crippen LogP contribution in [0.2, 0.25) is 0 Å². The van der Waals surface area contributed by atoms with Gasteiger partial charge in [0.2, 0.25) is 0 Å². The third-order valence-electron chi connectivity index (χ3n) is 3.83. The molecule has 2 nitrogen and oxygen atoms in total. The normalized spacial score (nSPS) is 21.8. The third-order valence-corrected chi connectivity index (χ3v) is 4.55. The first kappa shape index (κ1) is 13.8. The molecule has 0 aromatic heterocycles. The van der Waals surface area contributed by atoms with E-state index >= 15 is 0 Å². The molecule has 18 heavy (non-hydrogen) atoms. The van der Waals surface area contributed by atoms with Gasteiger partial charge in [-0.3, -0.25) is 0 Å². The summed E-state index contributed by atoms with van der Waals surface area (Å²) in [6.45, 7) is 4.63. The largest absolute Gasteiger partial charge is 0.389 e. The topological polar surface area (TPSA) is 38.0 Å². The summed E-state index contributed by atoms with van der Waals surface area (Å²) < 4.78 is 1.04. The fourth-order valence-electron chi connectivity index (χ4n) is 2.63. The number of anilines is 1. The predicted octanol–water partition coefficient (Wildman–Crippen LogP) is 4.07. The van der Waals surface area contributed by atoms with Crippen LogP contribution >= 0.6 is 28.1 Å². The van der Waals surface area contributed by atoms with Crippen LogP contribution in [0.1, 0.15) is 38.7 Å². The van der Waals surface area contributed by atoms with Crippen LogP contribution in [0.3, 0.4) is 0 Å². The molecule has 1 fully saturated rings. The van der Waals surface area contributed by atoms with Crippen LogP contribution in [-0.4, -0.2) is 11.0 Å². The molecular weight excluding hydrogens is 308 g/mol. The Hall–Kier alpha value is -0.610. The van der Waals surface area contributed by atoms with Gasteiger partial charge in [-0.1, -0.05) is 48.4 Å². The van der Waals surface area contributed by atoms with Gasteiger partial charge in [0.25, 0.3) is 0 Å². The van der Waals surface area contributed by atoms with E-state index in [0.717, 1.165) is 15.7 Å². The summed E-state index contributed by atoms with van der Waals surface area (Å²) in [6.07, 6.45) is 3.75. The fourth-order valence-corrected chi connectivity index (χ4v) is 3.17. The van der Waals surface area contributed by atoms with Crippen molar-refractivity contribution in [2.45, 2.75) is 39.2 Å². The highest BCUT2D eigenvalue weighted by Gasteiger charge is 2.34. The fraction of sp³-hybridized carbons (Fsp3) is 0.500. The van der Waals surface area contributed by atoms with Crippen LogP contribution in [0.15, 0.2) is 22.7 Å². The molecule has 0 bridgehead atoms. The zero-order valence-corrected chi connectivity index (χ0v) is 13.2. The summed E-state index contributed by atoms with van der Waals surface area (Å²) in [7, 11) is 0. The van der Waals surface area contributed by atoms with E-state index in [9.17, 15) is 0 Å². The van der Waals surface area contributed by atoms with E-state index in [0.29, 0.717) is 16.4 Å². The molecule has 0 spiro atoms. The Morgan fingerprint density at radius 2 is 2.22 bits per heavy atom. The highest BCUT2D eigenvalue weighted by molar-refractivity contribution is 9.10. The Morgan fingerprint density at radius 1 is 1.50 bits per heavy atom. The Morgan fingerprint density at radius 3 is 2.78 bits per heavy atom. The molecule has 0 radical (unpaired) electrons. The monoisotopic (exact) mass is 326 g/mol. The van der Waals surface area contributed by atoms with E-state index in [1.54, 1.807) is 0 Å². The summed E-state index contributed by atoms with van der Waals surface area (Å²) in [6, 6.07) is 6.49. The number of rotatable bonds is 3. The Labute approximate surface area is 122 Å². The lowest BCUT2D eigenvalue weighted by atomic mass is 9.87. The van der Waals surface area contributed by atoms with Crippen molar-refractivity contribution in [1.82, 2.24) is 0 Å². The smallest absolute Gasteiger partial charge is 0.106 e. The number of hydrogen-bond donors (Lipinski definition) is 2. The maximum absolute atomic E-state index is 5.78. The van der Waals surface area contributed by atoms with Gasteiger partial charge in [-0.2, -0.15) is 0 Å². The molecule has 1 aliphatic rings. The van der Waals surface area contributed by atoms with Gasteiger partial charge < -0.3 is 11.1 Å². The lowest BCUT2D eigenvalue weighted by Crippen LogP contribution is -2.31. The molecule has 1 atom stereocenters. The van der Waals surface area contributed by atoms with Crippen molar-refractivity contribution in [2.24, 2.45) is 11.1 Å². The van der Waals surface area contributed by atoms with Gasteiger partial charge in [0, 0.05) is 21.8 Å². The minimum Gasteiger partial charge on any atom is -0.389 e. The summed E-state index contributed by atoms with van der Waals surface area (Å²) in [5, 5.41) is 3.62. The lowest BCUT2D eigenvalue weighted by molar-refractivity contribution is 0.350. The average molecular weight is 327 g/mol. The van der Waals surface area contributed by atoms with Crippen molar-refractivity contribution in [1.29, 1.82) is 0 Å². The third kappa shape index (κ3) is 2.86. The molecule has 1 aliphatic carbocycles. The molecule has 3 N–H and O–H groups in total. The van der Waals surface area contributed by atoms with E-state index in [1.165, 1.54) is 19.3 Å². The maximum atomic E-state index is 5.78. The number of nitrogens with one attached hydrogen (secondary N) is 1. The predicted molar refractivity (Wildman–Crippen MR) is 85.1 cm³/mol. The average Bonchev–Trinajstić information content (AvgIpc) is 2.58. The first-order valence-electron chi connectivity index (χ1n) is 6.26. The van der Waals surface area contributed by atoms with Gasteiger partial charge in [-0.05, 0) is 36.5 Å². The number of hydrogen-bond acceptors (Lipinski definition) is 2. The molecule has 1 saturated carbocycles. The molecule has 98 valence electrons. The first-order chi connectivity index (χ1) is 8.40. The van der Waals surface area contributed by atoms with Crippen LogP contribution < -0.4 is 11.1 Å². The van der Waals surface area contributed by atoms with Gasteiger partial charge in [0.15, 0.2) is 0 Å². The Kier molecular flexibility index (Phi) is 3.97. The minimum absolute atomic E-state index is 0.329. The van der Waals surface area contributed by atoms with Crippen molar-refractivity contribution in [3.05, 3.63) is 28.2 Å². The van der Waals surface area contributed by atoms with Gasteiger partial charge in [-0.15, -0.1) is 0 Å². The standard InChI is InChI=1S/C14H19BrN2S/c1-14(2)7-3-4-12(14)17-11-8-9(15)5-6-10(11)13(16)18/h5-6,8,12,17H,3-4,7H2,1-2H3,(H2,16,18). The zero-order chi connectivity index (χ0) is 13.3. The molecule has 2 rings (SSSR count). The van der Waals surface area contributed by atoms with Gasteiger partial charge in [-0.25, -0.2) is 0 Å². The van der Waals surface area contributed by atoms with Crippen LogP contribution in [0.25, 0.3) is 0 Å². The summed E-state index contributed by atoms with van der Waals surface area (Å²) in [4.78, 5) is 0.445. The van der Waals surface area contributed by atoms with Crippen LogP contribution in [-0.2, 0) is 0 Å². The summed E-state index contributed by atoms with van der Waals surface area (Å²) in [5.74, 6) is 0. The van der Waals surface area contributed by atoms with Crippen molar-refractivity contribution >= 4 is 38.8 Å². The van der Waals surface area contributed by atoms with Crippen LogP contribution in [0, 0.1) is 5.41 Å². The molecule has 0 saturated heterocycles. The van der Waals surface area contributed by atoms with Crippen molar-refractivity contribution in [3.8, 4) is 0 Å². The van der Waals surface area contributed by atoms with E-state index in [-0.39, 0.29) is 0 Å². The van der Waals surface area contributed by atoms with Crippen molar-refractivity contribution < 1.29 is 0 Å². The molecule has 4 heteroatoms. The summed E-state index contributed by atoms with van der Waals surface area (Å²) >= 11 is 8.61. The van der Waals surface area contributed by atoms with E-state index in [1.807, 2.05) is 12.1 Å². The number of benzene rings is 1. The second-order valence-corrected chi connectivity index (χ2v) is 6.99. The Bertz CT molecular complexity index is 471. The van der Waals surface area contributed by atoms with E-state index < -0.39 is 0 Å². The SMILES string of the molecule is CC1(C)CCCC1Nc1cc(Br)ccc1C(N)=S. The molecule has 1 unspecified atom stereocenters. The Balaban J connectivity index is 2.28. The minimum atomic E-state index is 0.329. The van der Waals surface area contributed by atoms with Gasteiger partial charge >= 0.3 is 0 Å². The second-order valence-electron chi connectivity index (χ2n) is 5.63. The van der Waals surface area contributed by atoms with Gasteiger partial charge in [0.1, 0.15) is 4.99 Å². The lowest BCUT2D eigenvalue weighted by Gasteiger charge is -2.29. The van der Waals surface area contributed by atoms with E-state index in [2.05, 4.69) is 41.2 Å². The van der Waals surface area contributed by atoms with Gasteiger partial charge in [0.05, 0.1) is 0 Å². The summed E-state index contributed by atoms with van der Waals surface area (Å²) in [5.41, 5.74) is 8.08. The maximum Gasteiger partial charge on any atom is 0.106 e. The zero-order valence-electron chi connectivity index (χ0n) is 10.8. The highest BCUT2D eigenvalue weighted by atomic mass is 79.9. The van der Waals surface area contributed by atoms with Crippen LogP contribution in [0.5, 0.6) is 0 Å². The van der Waals surface area contributed by atoms with Crippen molar-refractivity contribution in [3.63, 3.8) is 0 Å². The highest BCUT2D eigenvalue weighted by Crippen LogP contribution is 2.39.